The maximum absolute atomic E-state index is 12.2. The summed E-state index contributed by atoms with van der Waals surface area (Å²) in [6, 6.07) is 2.27. The lowest BCUT2D eigenvalue weighted by Crippen LogP contribution is -2.39. The molecular formula is C16H26N4O2. The van der Waals surface area contributed by atoms with Gasteiger partial charge in [0.1, 0.15) is 11.9 Å². The third kappa shape index (κ3) is 5.97. The lowest BCUT2D eigenvalue weighted by atomic mass is 10.2. The highest BCUT2D eigenvalue weighted by molar-refractivity contribution is 5.69. The number of carbonyl (C=O) groups is 1. The Kier molecular flexibility index (Phi) is 5.71. The second kappa shape index (κ2) is 7.54. The number of hydrogen-bond donors (Lipinski definition) is 1. The summed E-state index contributed by atoms with van der Waals surface area (Å²) < 4.78 is 5.48. The summed E-state index contributed by atoms with van der Waals surface area (Å²) in [5.74, 6) is 0. The monoisotopic (exact) mass is 306 g/mol. The summed E-state index contributed by atoms with van der Waals surface area (Å²) in [6.07, 6.45) is 6.18. The summed E-state index contributed by atoms with van der Waals surface area (Å²) in [6.45, 7) is 8.00. The number of nitrogens with zero attached hydrogens (tertiary/aromatic N) is 3. The minimum absolute atomic E-state index is 0.189. The predicted octanol–water partition coefficient (Wildman–Crippen LogP) is 2.36. The van der Waals surface area contributed by atoms with E-state index in [1.807, 2.05) is 31.7 Å². The van der Waals surface area contributed by atoms with Gasteiger partial charge in [0.05, 0.1) is 5.69 Å². The summed E-state index contributed by atoms with van der Waals surface area (Å²) >= 11 is 0. The molecule has 1 heterocycles. The molecule has 1 amide bonds. The van der Waals surface area contributed by atoms with Crippen LogP contribution in [0.4, 0.5) is 4.79 Å². The van der Waals surface area contributed by atoms with E-state index in [0.29, 0.717) is 6.04 Å². The molecule has 1 aliphatic carbocycles. The molecule has 1 N–H and O–H groups in total. The van der Waals surface area contributed by atoms with Crippen molar-refractivity contribution >= 4 is 6.09 Å². The van der Waals surface area contributed by atoms with Crippen LogP contribution in [-0.4, -0.2) is 45.7 Å². The molecule has 0 atom stereocenters. The zero-order chi connectivity index (χ0) is 16.0. The Bertz CT molecular complexity index is 469. The van der Waals surface area contributed by atoms with Crippen LogP contribution in [0.1, 0.15) is 45.7 Å². The fourth-order valence-corrected chi connectivity index (χ4v) is 2.14. The molecule has 1 aromatic rings. The molecule has 0 saturated heterocycles. The molecule has 0 bridgehead atoms. The molecule has 2 rings (SSSR count). The molecule has 6 nitrogen and oxygen atoms in total. The van der Waals surface area contributed by atoms with E-state index in [1.165, 1.54) is 0 Å². The van der Waals surface area contributed by atoms with E-state index in [2.05, 4.69) is 15.3 Å². The smallest absolute Gasteiger partial charge is 0.410 e. The van der Waals surface area contributed by atoms with Gasteiger partial charge in [0.25, 0.3) is 0 Å². The summed E-state index contributed by atoms with van der Waals surface area (Å²) in [7, 11) is 0. The number of rotatable bonds is 7. The van der Waals surface area contributed by atoms with Crippen molar-refractivity contribution in [1.29, 1.82) is 0 Å². The lowest BCUT2D eigenvalue weighted by molar-refractivity contribution is 0.0232. The van der Waals surface area contributed by atoms with Gasteiger partial charge < -0.3 is 15.0 Å². The Morgan fingerprint density at radius 3 is 2.82 bits per heavy atom. The van der Waals surface area contributed by atoms with Crippen LogP contribution in [0.25, 0.3) is 0 Å². The van der Waals surface area contributed by atoms with Crippen molar-refractivity contribution in [2.24, 2.45) is 0 Å². The molecule has 0 unspecified atom stereocenters. The third-order valence-corrected chi connectivity index (χ3v) is 3.32. The van der Waals surface area contributed by atoms with Gasteiger partial charge in [-0.2, -0.15) is 0 Å². The number of aromatic nitrogens is 2. The van der Waals surface area contributed by atoms with Gasteiger partial charge in [-0.1, -0.05) is 0 Å². The second-order valence-corrected chi connectivity index (χ2v) is 6.64. The first-order valence-electron chi connectivity index (χ1n) is 7.91. The summed E-state index contributed by atoms with van der Waals surface area (Å²) in [4.78, 5) is 22.1. The quantitative estimate of drug-likeness (QED) is 0.783. The second-order valence-electron chi connectivity index (χ2n) is 6.64. The van der Waals surface area contributed by atoms with E-state index in [-0.39, 0.29) is 6.09 Å². The molecule has 1 saturated carbocycles. The summed E-state index contributed by atoms with van der Waals surface area (Å²) in [5.41, 5.74) is 0.538. The topological polar surface area (TPSA) is 67.3 Å². The number of nitrogens with one attached hydrogen (secondary N) is 1. The molecule has 0 radical (unpaired) electrons. The Morgan fingerprint density at radius 1 is 1.45 bits per heavy atom. The van der Waals surface area contributed by atoms with Crippen molar-refractivity contribution in [2.45, 2.75) is 58.2 Å². The Hall–Kier alpha value is -1.69. The molecule has 0 spiro atoms. The average molecular weight is 306 g/mol. The van der Waals surface area contributed by atoms with Gasteiger partial charge in [0.2, 0.25) is 0 Å². The van der Waals surface area contributed by atoms with Gasteiger partial charge in [-0.15, -0.1) is 0 Å². The van der Waals surface area contributed by atoms with Crippen molar-refractivity contribution < 1.29 is 9.53 Å². The number of ether oxygens (including phenoxy) is 1. The van der Waals surface area contributed by atoms with Gasteiger partial charge >= 0.3 is 6.09 Å². The highest BCUT2D eigenvalue weighted by Crippen LogP contribution is 2.28. The average Bonchev–Trinajstić information content (AvgIpc) is 3.26. The molecular weight excluding hydrogens is 280 g/mol. The SMILES string of the molecule is CC(C)(C)OC(=O)N(CCCNCc1ccncn1)C1CC1. The van der Waals surface area contributed by atoms with Gasteiger partial charge in [-0.05, 0) is 52.6 Å². The first kappa shape index (κ1) is 16.7. The van der Waals surface area contributed by atoms with Crippen molar-refractivity contribution in [1.82, 2.24) is 20.2 Å². The van der Waals surface area contributed by atoms with Crippen LogP contribution < -0.4 is 5.32 Å². The Labute approximate surface area is 132 Å². The number of carbonyl (C=O) groups excluding carboxylic acids is 1. The Morgan fingerprint density at radius 2 is 2.23 bits per heavy atom. The molecule has 0 aromatic carbocycles. The zero-order valence-corrected chi connectivity index (χ0v) is 13.7. The van der Waals surface area contributed by atoms with Gasteiger partial charge in [-0.25, -0.2) is 14.8 Å². The van der Waals surface area contributed by atoms with Crippen LogP contribution in [0, 0.1) is 0 Å². The Balaban J connectivity index is 1.68. The van der Waals surface area contributed by atoms with E-state index >= 15 is 0 Å². The maximum Gasteiger partial charge on any atom is 0.410 e. The fourth-order valence-electron chi connectivity index (χ4n) is 2.14. The molecule has 1 aromatic heterocycles. The maximum atomic E-state index is 12.2. The predicted molar refractivity (Wildman–Crippen MR) is 84.3 cm³/mol. The van der Waals surface area contributed by atoms with Crippen molar-refractivity contribution in [3.63, 3.8) is 0 Å². The van der Waals surface area contributed by atoms with Gasteiger partial charge in [0, 0.05) is 25.3 Å². The van der Waals surface area contributed by atoms with E-state index in [4.69, 9.17) is 4.74 Å². The van der Waals surface area contributed by atoms with Crippen LogP contribution in [0.3, 0.4) is 0 Å². The van der Waals surface area contributed by atoms with E-state index in [9.17, 15) is 4.79 Å². The van der Waals surface area contributed by atoms with Gasteiger partial charge in [-0.3, -0.25) is 0 Å². The largest absolute Gasteiger partial charge is 0.444 e. The first-order valence-corrected chi connectivity index (χ1v) is 7.91. The van der Waals surface area contributed by atoms with Crippen LogP contribution >= 0.6 is 0 Å². The standard InChI is InChI=1S/C16H26N4O2/c1-16(2,3)22-15(21)20(14-5-6-14)10-4-8-17-11-13-7-9-18-12-19-13/h7,9,12,14,17H,4-6,8,10-11H2,1-3H3. The minimum atomic E-state index is -0.435. The molecule has 1 aliphatic rings. The molecule has 0 aliphatic heterocycles. The number of hydrogen-bond acceptors (Lipinski definition) is 5. The van der Waals surface area contributed by atoms with Crippen LogP contribution in [-0.2, 0) is 11.3 Å². The molecule has 6 heteroatoms. The van der Waals surface area contributed by atoms with E-state index < -0.39 is 5.60 Å². The minimum Gasteiger partial charge on any atom is -0.444 e. The highest BCUT2D eigenvalue weighted by atomic mass is 16.6. The fraction of sp³-hybridized carbons (Fsp3) is 0.688. The van der Waals surface area contributed by atoms with Crippen LogP contribution in [0.15, 0.2) is 18.6 Å². The van der Waals surface area contributed by atoms with E-state index in [0.717, 1.165) is 44.6 Å². The number of amides is 1. The van der Waals surface area contributed by atoms with Crippen molar-refractivity contribution in [3.05, 3.63) is 24.3 Å². The van der Waals surface area contributed by atoms with Crippen molar-refractivity contribution in [3.8, 4) is 0 Å². The zero-order valence-electron chi connectivity index (χ0n) is 13.7. The summed E-state index contributed by atoms with van der Waals surface area (Å²) in [5, 5.41) is 3.33. The normalized spacial score (nSPS) is 14.7. The van der Waals surface area contributed by atoms with Crippen LogP contribution in [0.5, 0.6) is 0 Å². The molecule has 22 heavy (non-hydrogen) atoms. The van der Waals surface area contributed by atoms with Gasteiger partial charge in [0.15, 0.2) is 0 Å². The highest BCUT2D eigenvalue weighted by Gasteiger charge is 2.34. The van der Waals surface area contributed by atoms with E-state index in [1.54, 1.807) is 12.5 Å². The third-order valence-electron chi connectivity index (χ3n) is 3.32. The molecule has 1 fully saturated rings. The van der Waals surface area contributed by atoms with Crippen LogP contribution in [0.2, 0.25) is 0 Å². The first-order chi connectivity index (χ1) is 10.5. The van der Waals surface area contributed by atoms with Crippen molar-refractivity contribution in [2.75, 3.05) is 13.1 Å². The lowest BCUT2D eigenvalue weighted by Gasteiger charge is -2.27. The molecule has 122 valence electrons.